The number of hydrogen-bond acceptors (Lipinski definition) is 1. The van der Waals surface area contributed by atoms with Crippen molar-refractivity contribution in [3.05, 3.63) is 149 Å². The lowest BCUT2D eigenvalue weighted by atomic mass is 9.33. The Morgan fingerprint density at radius 2 is 1.17 bits per heavy atom. The first-order valence-corrected chi connectivity index (χ1v) is 17.0. The van der Waals surface area contributed by atoms with Crippen LogP contribution in [0, 0.1) is 13.8 Å². The van der Waals surface area contributed by atoms with E-state index in [1.165, 1.54) is 94.3 Å². The van der Waals surface area contributed by atoms with Crippen LogP contribution in [0.1, 0.15) is 61.1 Å². The maximum Gasteiger partial charge on any atom is 0.252 e. The summed E-state index contributed by atoms with van der Waals surface area (Å²) >= 11 is 0. The highest BCUT2D eigenvalue weighted by Crippen LogP contribution is 2.52. The van der Waals surface area contributed by atoms with E-state index in [1.807, 2.05) is 0 Å². The van der Waals surface area contributed by atoms with Gasteiger partial charge < -0.3 is 9.47 Å². The molecule has 0 spiro atoms. The van der Waals surface area contributed by atoms with Crippen LogP contribution in [-0.2, 0) is 10.8 Å². The van der Waals surface area contributed by atoms with Gasteiger partial charge in [-0.25, -0.2) is 0 Å². The Balaban J connectivity index is 1.38. The molecule has 0 unspecified atom stereocenters. The summed E-state index contributed by atoms with van der Waals surface area (Å²) in [6.45, 7) is 14.3. The highest BCUT2D eigenvalue weighted by molar-refractivity contribution is 7.00. The van der Waals surface area contributed by atoms with Gasteiger partial charge in [0, 0.05) is 49.9 Å². The van der Waals surface area contributed by atoms with Gasteiger partial charge in [-0.1, -0.05) is 106 Å². The lowest BCUT2D eigenvalue weighted by Gasteiger charge is -2.47. The van der Waals surface area contributed by atoms with Gasteiger partial charge >= 0.3 is 0 Å². The molecule has 47 heavy (non-hydrogen) atoms. The van der Waals surface area contributed by atoms with Crippen molar-refractivity contribution in [3.63, 3.8) is 0 Å². The van der Waals surface area contributed by atoms with Gasteiger partial charge in [0.25, 0.3) is 6.71 Å². The third kappa shape index (κ3) is 3.32. The van der Waals surface area contributed by atoms with E-state index < -0.39 is 0 Å². The van der Waals surface area contributed by atoms with Crippen LogP contribution in [-0.4, -0.2) is 11.3 Å². The van der Waals surface area contributed by atoms with E-state index in [0.717, 1.165) is 0 Å². The fourth-order valence-corrected chi connectivity index (χ4v) is 9.53. The van der Waals surface area contributed by atoms with E-state index in [4.69, 9.17) is 0 Å². The Labute approximate surface area is 277 Å². The number of aryl methyl sites for hydroxylation is 2. The number of aromatic nitrogens is 1. The minimum atomic E-state index is -0.131. The van der Waals surface area contributed by atoms with Gasteiger partial charge in [0.05, 0.1) is 5.52 Å². The molecular formula is C44H37BN2. The first kappa shape index (κ1) is 27.1. The zero-order valence-electron chi connectivity index (χ0n) is 27.9. The number of hydrogen-bond donors (Lipinski definition) is 0. The molecule has 0 radical (unpaired) electrons. The van der Waals surface area contributed by atoms with E-state index in [-0.39, 0.29) is 17.5 Å². The molecule has 0 bridgehead atoms. The van der Waals surface area contributed by atoms with Crippen molar-refractivity contribution in [1.82, 2.24) is 4.57 Å². The average molecular weight is 605 g/mol. The largest absolute Gasteiger partial charge is 0.311 e. The Kier molecular flexibility index (Phi) is 5.12. The van der Waals surface area contributed by atoms with Crippen LogP contribution in [0.15, 0.2) is 115 Å². The quantitative estimate of drug-likeness (QED) is 0.170. The molecule has 0 N–H and O–H groups in total. The molecule has 7 aromatic rings. The van der Waals surface area contributed by atoms with Gasteiger partial charge in [-0.15, -0.1) is 0 Å². The first-order valence-electron chi connectivity index (χ1n) is 17.0. The van der Waals surface area contributed by atoms with E-state index in [0.29, 0.717) is 0 Å². The van der Waals surface area contributed by atoms with Crippen molar-refractivity contribution in [3.8, 4) is 5.69 Å². The summed E-state index contributed by atoms with van der Waals surface area (Å²) in [6, 6.07) is 44.1. The van der Waals surface area contributed by atoms with Crippen molar-refractivity contribution in [2.75, 3.05) is 4.90 Å². The summed E-state index contributed by atoms with van der Waals surface area (Å²) < 4.78 is 2.56. The third-order valence-electron chi connectivity index (χ3n) is 11.7. The Morgan fingerprint density at radius 3 is 1.91 bits per heavy atom. The topological polar surface area (TPSA) is 8.17 Å². The summed E-state index contributed by atoms with van der Waals surface area (Å²) in [5.41, 5.74) is 20.0. The molecule has 0 saturated heterocycles. The van der Waals surface area contributed by atoms with Gasteiger partial charge in [0.15, 0.2) is 0 Å². The summed E-state index contributed by atoms with van der Waals surface area (Å²) in [6.07, 6.45) is 0. The maximum absolute atomic E-state index is 2.61. The molecule has 226 valence electrons. The number of anilines is 3. The van der Waals surface area contributed by atoms with Crippen LogP contribution >= 0.6 is 0 Å². The average Bonchev–Trinajstić information content (AvgIpc) is 3.39. The van der Waals surface area contributed by atoms with Crippen LogP contribution in [0.2, 0.25) is 0 Å². The maximum atomic E-state index is 2.61. The normalized spacial score (nSPS) is 16.1. The zero-order chi connectivity index (χ0) is 32.0. The molecule has 2 aliphatic heterocycles. The molecule has 3 heterocycles. The second kappa shape index (κ2) is 8.86. The predicted molar refractivity (Wildman–Crippen MR) is 200 cm³/mol. The molecule has 0 saturated carbocycles. The predicted octanol–water partition coefficient (Wildman–Crippen LogP) is 8.98. The smallest absolute Gasteiger partial charge is 0.252 e. The zero-order valence-corrected chi connectivity index (χ0v) is 27.9. The minimum Gasteiger partial charge on any atom is -0.311 e. The van der Waals surface area contributed by atoms with E-state index in [1.54, 1.807) is 0 Å². The van der Waals surface area contributed by atoms with Gasteiger partial charge in [0.2, 0.25) is 0 Å². The summed E-state index contributed by atoms with van der Waals surface area (Å²) in [5, 5.41) is 2.70. The van der Waals surface area contributed by atoms with Gasteiger partial charge in [0.1, 0.15) is 0 Å². The summed E-state index contributed by atoms with van der Waals surface area (Å²) in [5.74, 6) is 0. The molecule has 0 atom stereocenters. The fraction of sp³-hybridized carbons (Fsp3) is 0.182. The van der Waals surface area contributed by atoms with E-state index >= 15 is 0 Å². The molecule has 10 rings (SSSR count). The SMILES string of the molecule is Cc1ccc2c(c1)c1cc(C)cc3c1n2-c1cccc2c1B3c1cc3c(cc1N2c1ccccc1)C(C)(C)c1ccccc1C3(C)C. The lowest BCUT2D eigenvalue weighted by molar-refractivity contribution is 0.521. The van der Waals surface area contributed by atoms with Crippen molar-refractivity contribution >= 4 is 62.0 Å². The number of rotatable bonds is 1. The molecule has 3 heteroatoms. The number of fused-ring (bicyclic) bond motifs is 9. The lowest BCUT2D eigenvalue weighted by Crippen LogP contribution is -2.61. The van der Waals surface area contributed by atoms with Crippen LogP contribution < -0.4 is 21.3 Å². The van der Waals surface area contributed by atoms with E-state index in [2.05, 4.69) is 166 Å². The molecule has 2 nitrogen and oxygen atoms in total. The molecule has 1 aliphatic carbocycles. The second-order valence-electron chi connectivity index (χ2n) is 15.2. The number of para-hydroxylation sites is 1. The Morgan fingerprint density at radius 1 is 0.511 bits per heavy atom. The van der Waals surface area contributed by atoms with Crippen LogP contribution in [0.3, 0.4) is 0 Å². The Bertz CT molecular complexity index is 2500. The minimum absolute atomic E-state index is 0.123. The van der Waals surface area contributed by atoms with Crippen molar-refractivity contribution in [1.29, 1.82) is 0 Å². The van der Waals surface area contributed by atoms with Crippen molar-refractivity contribution in [2.24, 2.45) is 0 Å². The highest BCUT2D eigenvalue weighted by Gasteiger charge is 2.47. The van der Waals surface area contributed by atoms with Crippen molar-refractivity contribution in [2.45, 2.75) is 52.4 Å². The number of nitrogens with zero attached hydrogens (tertiary/aromatic N) is 2. The fourth-order valence-electron chi connectivity index (χ4n) is 9.53. The van der Waals surface area contributed by atoms with Crippen LogP contribution in [0.5, 0.6) is 0 Å². The highest BCUT2D eigenvalue weighted by atomic mass is 15.2. The van der Waals surface area contributed by atoms with Gasteiger partial charge in [-0.05, 0) is 101 Å². The molecule has 6 aromatic carbocycles. The second-order valence-corrected chi connectivity index (χ2v) is 15.2. The Hall–Kier alpha value is -5.02. The van der Waals surface area contributed by atoms with Gasteiger partial charge in [-0.3, -0.25) is 0 Å². The summed E-state index contributed by atoms with van der Waals surface area (Å²) in [4.78, 5) is 2.54. The molecule has 3 aliphatic rings. The molecule has 1 aromatic heterocycles. The molecule has 0 amide bonds. The van der Waals surface area contributed by atoms with Crippen LogP contribution in [0.25, 0.3) is 27.5 Å². The number of benzene rings is 6. The van der Waals surface area contributed by atoms with Gasteiger partial charge in [-0.2, -0.15) is 0 Å². The first-order chi connectivity index (χ1) is 22.7. The monoisotopic (exact) mass is 604 g/mol. The van der Waals surface area contributed by atoms with Crippen molar-refractivity contribution < 1.29 is 0 Å². The van der Waals surface area contributed by atoms with Crippen LogP contribution in [0.4, 0.5) is 17.1 Å². The molecular weight excluding hydrogens is 567 g/mol. The van der Waals surface area contributed by atoms with E-state index in [9.17, 15) is 0 Å². The molecule has 0 fully saturated rings. The summed E-state index contributed by atoms with van der Waals surface area (Å²) in [7, 11) is 0. The third-order valence-corrected chi connectivity index (χ3v) is 11.7. The standard InChI is InChI=1S/C44H37BN2/c1-26-19-20-37-29(21-26)30-22-27(2)23-36-42(30)47(37)39-18-12-17-38-41(39)45(36)35-24-33-34(25-40(35)46(38)28-13-8-7-9-14-28)44(5,6)32-16-11-10-15-31(32)43(33,3)4/h7-25H,1-6H3.